The van der Waals surface area contributed by atoms with Gasteiger partial charge >= 0.3 is 11.9 Å². The fourth-order valence-electron chi connectivity index (χ4n) is 2.75. The van der Waals surface area contributed by atoms with E-state index in [-0.39, 0.29) is 13.2 Å². The maximum Gasteiger partial charge on any atom is 0.338 e. The lowest BCUT2D eigenvalue weighted by molar-refractivity contribution is -0.172. The number of ether oxygens (including phenoxy) is 2. The van der Waals surface area contributed by atoms with Crippen LogP contribution in [0.15, 0.2) is 0 Å². The third kappa shape index (κ3) is 4.03. The Morgan fingerprint density at radius 2 is 1.76 bits per heavy atom. The molecule has 0 saturated carbocycles. The molecule has 1 fully saturated rings. The van der Waals surface area contributed by atoms with Crippen LogP contribution in [0.1, 0.15) is 46.0 Å². The number of rotatable bonds is 9. The van der Waals surface area contributed by atoms with Gasteiger partial charge in [-0.2, -0.15) is 0 Å². The highest BCUT2D eigenvalue weighted by Crippen LogP contribution is 2.32. The Hall–Kier alpha value is -1.43. The quantitative estimate of drug-likeness (QED) is 0.277. The van der Waals surface area contributed by atoms with Gasteiger partial charge in [0.2, 0.25) is 5.54 Å². The van der Waals surface area contributed by atoms with Crippen LogP contribution in [-0.4, -0.2) is 55.0 Å². The van der Waals surface area contributed by atoms with Crippen LogP contribution in [0.5, 0.6) is 0 Å². The molecule has 0 spiro atoms. The van der Waals surface area contributed by atoms with Crippen molar-refractivity contribution in [1.82, 2.24) is 4.90 Å². The van der Waals surface area contributed by atoms with Gasteiger partial charge in [0.15, 0.2) is 0 Å². The fourth-order valence-corrected chi connectivity index (χ4v) is 2.75. The van der Waals surface area contributed by atoms with Gasteiger partial charge in [-0.1, -0.05) is 0 Å². The molecule has 0 radical (unpaired) electrons. The molecule has 0 aromatic carbocycles. The largest absolute Gasteiger partial charge is 0.464 e. The first kappa shape index (κ1) is 17.6. The van der Waals surface area contributed by atoms with Gasteiger partial charge in [-0.05, 0) is 52.6 Å². The summed E-state index contributed by atoms with van der Waals surface area (Å²) < 4.78 is 10.2. The van der Waals surface area contributed by atoms with Crippen molar-refractivity contribution < 1.29 is 23.9 Å². The SMILES string of the molecule is CCOC(=O)C1(C(=O)OCC)CCCN1CCCCC=O. The molecule has 1 rings (SSSR count). The molecule has 1 heterocycles. The average Bonchev–Trinajstić information content (AvgIpc) is 2.89. The molecule has 0 aromatic heterocycles. The van der Waals surface area contributed by atoms with Crippen LogP contribution < -0.4 is 0 Å². The summed E-state index contributed by atoms with van der Waals surface area (Å²) in [5, 5.41) is 0. The maximum atomic E-state index is 12.4. The number of hydrogen-bond acceptors (Lipinski definition) is 6. The highest BCUT2D eigenvalue weighted by Gasteiger charge is 2.55. The normalized spacial score (nSPS) is 17.4. The number of hydrogen-bond donors (Lipinski definition) is 0. The molecular formula is C15H25NO5. The van der Waals surface area contributed by atoms with Crippen molar-refractivity contribution in [2.75, 3.05) is 26.3 Å². The minimum absolute atomic E-state index is 0.235. The second-order valence-corrected chi connectivity index (χ2v) is 5.05. The monoisotopic (exact) mass is 299 g/mol. The number of nitrogens with zero attached hydrogens (tertiary/aromatic N) is 1. The number of likely N-dealkylation sites (tertiary alicyclic amines) is 1. The first-order valence-corrected chi connectivity index (χ1v) is 7.66. The lowest BCUT2D eigenvalue weighted by atomic mass is 9.95. The number of carbonyl (C=O) groups is 3. The van der Waals surface area contributed by atoms with Crippen molar-refractivity contribution in [2.45, 2.75) is 51.5 Å². The third-order valence-electron chi connectivity index (χ3n) is 3.73. The zero-order valence-electron chi connectivity index (χ0n) is 12.9. The van der Waals surface area contributed by atoms with E-state index in [9.17, 15) is 14.4 Å². The molecule has 21 heavy (non-hydrogen) atoms. The average molecular weight is 299 g/mol. The second kappa shape index (κ2) is 8.77. The lowest BCUT2D eigenvalue weighted by Crippen LogP contribution is -2.58. The van der Waals surface area contributed by atoms with E-state index >= 15 is 0 Å². The summed E-state index contributed by atoms with van der Waals surface area (Å²) in [5.41, 5.74) is -1.30. The van der Waals surface area contributed by atoms with E-state index in [0.717, 1.165) is 25.5 Å². The molecule has 0 atom stereocenters. The molecule has 1 saturated heterocycles. The van der Waals surface area contributed by atoms with E-state index in [4.69, 9.17) is 9.47 Å². The molecule has 6 nitrogen and oxygen atoms in total. The van der Waals surface area contributed by atoms with Crippen molar-refractivity contribution in [1.29, 1.82) is 0 Å². The van der Waals surface area contributed by atoms with E-state index in [1.807, 2.05) is 4.90 Å². The highest BCUT2D eigenvalue weighted by atomic mass is 16.6. The summed E-state index contributed by atoms with van der Waals surface area (Å²) >= 11 is 0. The van der Waals surface area contributed by atoms with Gasteiger partial charge < -0.3 is 14.3 Å². The number of esters is 2. The molecule has 0 unspecified atom stereocenters. The van der Waals surface area contributed by atoms with E-state index in [0.29, 0.717) is 25.9 Å². The molecule has 1 aliphatic rings. The minimum atomic E-state index is -1.30. The van der Waals surface area contributed by atoms with Crippen molar-refractivity contribution in [3.8, 4) is 0 Å². The topological polar surface area (TPSA) is 72.9 Å². The van der Waals surface area contributed by atoms with Crippen molar-refractivity contribution in [2.24, 2.45) is 0 Å². The maximum absolute atomic E-state index is 12.4. The van der Waals surface area contributed by atoms with Gasteiger partial charge in [0.1, 0.15) is 6.29 Å². The van der Waals surface area contributed by atoms with Crippen LogP contribution >= 0.6 is 0 Å². The summed E-state index contributed by atoms with van der Waals surface area (Å²) in [6.07, 6.45) is 4.08. The molecule has 6 heteroatoms. The zero-order valence-corrected chi connectivity index (χ0v) is 12.9. The Kier molecular flexibility index (Phi) is 7.36. The van der Waals surface area contributed by atoms with E-state index in [1.54, 1.807) is 13.8 Å². The fraction of sp³-hybridized carbons (Fsp3) is 0.800. The first-order chi connectivity index (χ1) is 10.1. The Labute approximate surface area is 125 Å². The summed E-state index contributed by atoms with van der Waals surface area (Å²) in [6.45, 7) is 5.17. The van der Waals surface area contributed by atoms with Crippen LogP contribution in [0.2, 0.25) is 0 Å². The number of unbranched alkanes of at least 4 members (excludes halogenated alkanes) is 2. The van der Waals surface area contributed by atoms with Crippen LogP contribution in [0, 0.1) is 0 Å². The standard InChI is InChI=1S/C15H25NO5/c1-3-20-13(18)15(14(19)21-4-2)9-8-11-16(15)10-6-5-7-12-17/h12H,3-11H2,1-2H3. The molecule has 0 aromatic rings. The lowest BCUT2D eigenvalue weighted by Gasteiger charge is -2.33. The van der Waals surface area contributed by atoms with Crippen LogP contribution in [0.25, 0.3) is 0 Å². The summed E-state index contributed by atoms with van der Waals surface area (Å²) in [7, 11) is 0. The summed E-state index contributed by atoms with van der Waals surface area (Å²) in [4.78, 5) is 36.9. The van der Waals surface area contributed by atoms with E-state index in [1.165, 1.54) is 0 Å². The Balaban J connectivity index is 2.84. The molecule has 0 bridgehead atoms. The molecule has 0 aliphatic carbocycles. The van der Waals surface area contributed by atoms with Crippen LogP contribution in [-0.2, 0) is 23.9 Å². The Morgan fingerprint density at radius 1 is 1.14 bits per heavy atom. The second-order valence-electron chi connectivity index (χ2n) is 5.05. The van der Waals surface area contributed by atoms with Crippen molar-refractivity contribution >= 4 is 18.2 Å². The predicted octanol–water partition coefficient (Wildman–Crippen LogP) is 1.32. The molecular weight excluding hydrogens is 274 g/mol. The molecule has 120 valence electrons. The van der Waals surface area contributed by atoms with Gasteiger partial charge in [-0.25, -0.2) is 9.59 Å². The zero-order chi connectivity index (χ0) is 15.7. The predicted molar refractivity (Wildman–Crippen MR) is 76.7 cm³/mol. The Bertz CT molecular complexity index is 351. The van der Waals surface area contributed by atoms with Gasteiger partial charge in [0, 0.05) is 6.42 Å². The number of carbonyl (C=O) groups excluding carboxylic acids is 3. The summed E-state index contributed by atoms with van der Waals surface area (Å²) in [6, 6.07) is 0. The molecule has 1 aliphatic heterocycles. The number of aldehydes is 1. The first-order valence-electron chi connectivity index (χ1n) is 7.66. The van der Waals surface area contributed by atoms with Gasteiger partial charge in [-0.15, -0.1) is 0 Å². The van der Waals surface area contributed by atoms with Gasteiger partial charge in [0.05, 0.1) is 13.2 Å². The minimum Gasteiger partial charge on any atom is -0.464 e. The van der Waals surface area contributed by atoms with Crippen molar-refractivity contribution in [3.63, 3.8) is 0 Å². The van der Waals surface area contributed by atoms with E-state index in [2.05, 4.69) is 0 Å². The summed E-state index contributed by atoms with van der Waals surface area (Å²) in [5.74, 6) is -1.03. The van der Waals surface area contributed by atoms with Crippen LogP contribution in [0.3, 0.4) is 0 Å². The Morgan fingerprint density at radius 3 is 2.29 bits per heavy atom. The van der Waals surface area contributed by atoms with E-state index < -0.39 is 17.5 Å². The van der Waals surface area contributed by atoms with Gasteiger partial charge in [-0.3, -0.25) is 4.90 Å². The third-order valence-corrected chi connectivity index (χ3v) is 3.73. The van der Waals surface area contributed by atoms with Crippen molar-refractivity contribution in [3.05, 3.63) is 0 Å². The van der Waals surface area contributed by atoms with Gasteiger partial charge in [0.25, 0.3) is 0 Å². The highest BCUT2D eigenvalue weighted by molar-refractivity contribution is 6.05. The molecule has 0 N–H and O–H groups in total. The van der Waals surface area contributed by atoms with Crippen LogP contribution in [0.4, 0.5) is 0 Å². The molecule has 0 amide bonds. The smallest absolute Gasteiger partial charge is 0.338 e.